The van der Waals surface area contributed by atoms with E-state index in [1.54, 1.807) is 30.1 Å². The van der Waals surface area contributed by atoms with Crippen LogP contribution < -0.4 is 10.2 Å². The van der Waals surface area contributed by atoms with Crippen LogP contribution >= 0.6 is 0 Å². The molecule has 2 unspecified atom stereocenters. The largest absolute Gasteiger partial charge is 0.508 e. The molecule has 2 rings (SSSR count). The second-order valence-corrected chi connectivity index (χ2v) is 5.22. The Morgan fingerprint density at radius 1 is 1.53 bits per heavy atom. The summed E-state index contributed by atoms with van der Waals surface area (Å²) in [7, 11) is 1.76. The van der Waals surface area contributed by atoms with Crippen molar-refractivity contribution in [3.05, 3.63) is 24.3 Å². The van der Waals surface area contributed by atoms with Crippen LogP contribution in [0.5, 0.6) is 5.75 Å². The Morgan fingerprint density at radius 3 is 3.00 bits per heavy atom. The van der Waals surface area contributed by atoms with Crippen LogP contribution in [0, 0.1) is 5.92 Å². The van der Waals surface area contributed by atoms with Crippen LogP contribution in [-0.4, -0.2) is 30.6 Å². The van der Waals surface area contributed by atoms with Crippen LogP contribution in [0.3, 0.4) is 0 Å². The number of hydrogen-bond donors (Lipinski definition) is 2. The molecule has 19 heavy (non-hydrogen) atoms. The molecule has 0 spiro atoms. The van der Waals surface area contributed by atoms with Crippen LogP contribution in [0.1, 0.15) is 26.2 Å². The zero-order valence-electron chi connectivity index (χ0n) is 11.6. The molecular formula is C15H22N2O2. The summed E-state index contributed by atoms with van der Waals surface area (Å²) in [5, 5.41) is 12.8. The molecule has 4 nitrogen and oxygen atoms in total. The molecule has 4 heteroatoms. The maximum absolute atomic E-state index is 12.5. The second kappa shape index (κ2) is 6.06. The Balaban J connectivity index is 2.06. The van der Waals surface area contributed by atoms with E-state index in [0.717, 1.165) is 31.5 Å². The number of anilines is 1. The first kappa shape index (κ1) is 13.9. The number of nitrogens with one attached hydrogen (secondary N) is 1. The standard InChI is InChI=1S/C15H22N2O2/c1-3-11-7-8-16-14(9-11)15(19)17(2)12-5-4-6-13(18)10-12/h4-6,10-11,14,16,18H,3,7-9H2,1-2H3. The van der Waals surface area contributed by atoms with E-state index in [-0.39, 0.29) is 17.7 Å². The maximum Gasteiger partial charge on any atom is 0.243 e. The Hall–Kier alpha value is -1.55. The van der Waals surface area contributed by atoms with Crippen LogP contribution in [0.15, 0.2) is 24.3 Å². The molecule has 0 radical (unpaired) electrons. The van der Waals surface area contributed by atoms with Crippen LogP contribution in [0.2, 0.25) is 0 Å². The van der Waals surface area contributed by atoms with Gasteiger partial charge in [-0.3, -0.25) is 4.79 Å². The van der Waals surface area contributed by atoms with Gasteiger partial charge in [-0.25, -0.2) is 0 Å². The maximum atomic E-state index is 12.5. The van der Waals surface area contributed by atoms with Gasteiger partial charge in [0.25, 0.3) is 0 Å². The van der Waals surface area contributed by atoms with Crippen LogP contribution in [-0.2, 0) is 4.79 Å². The van der Waals surface area contributed by atoms with Crippen LogP contribution in [0.4, 0.5) is 5.69 Å². The average Bonchev–Trinajstić information content (AvgIpc) is 2.45. The summed E-state index contributed by atoms with van der Waals surface area (Å²) < 4.78 is 0. The monoisotopic (exact) mass is 262 g/mol. The van der Waals surface area contributed by atoms with Gasteiger partial charge in [0.1, 0.15) is 5.75 Å². The predicted molar refractivity (Wildman–Crippen MR) is 76.3 cm³/mol. The van der Waals surface area contributed by atoms with Crippen LogP contribution in [0.25, 0.3) is 0 Å². The first-order valence-corrected chi connectivity index (χ1v) is 6.91. The van der Waals surface area contributed by atoms with E-state index in [4.69, 9.17) is 0 Å². The first-order valence-electron chi connectivity index (χ1n) is 6.91. The molecule has 1 aliphatic heterocycles. The van der Waals surface area contributed by atoms with Gasteiger partial charge in [-0.2, -0.15) is 0 Å². The van der Waals surface area contributed by atoms with Gasteiger partial charge in [-0.1, -0.05) is 19.4 Å². The fourth-order valence-corrected chi connectivity index (χ4v) is 2.62. The van der Waals surface area contributed by atoms with Crippen molar-refractivity contribution in [2.75, 3.05) is 18.5 Å². The highest BCUT2D eigenvalue weighted by Gasteiger charge is 2.28. The molecule has 1 aromatic rings. The number of hydrogen-bond acceptors (Lipinski definition) is 3. The van der Waals surface area contributed by atoms with E-state index in [2.05, 4.69) is 12.2 Å². The average molecular weight is 262 g/mol. The third kappa shape index (κ3) is 3.26. The highest BCUT2D eigenvalue weighted by molar-refractivity contribution is 5.96. The lowest BCUT2D eigenvalue weighted by Gasteiger charge is -2.31. The number of rotatable bonds is 3. The predicted octanol–water partition coefficient (Wildman–Crippen LogP) is 2.13. The minimum absolute atomic E-state index is 0.0729. The van der Waals surface area contributed by atoms with Gasteiger partial charge >= 0.3 is 0 Å². The van der Waals surface area contributed by atoms with E-state index < -0.39 is 0 Å². The zero-order valence-corrected chi connectivity index (χ0v) is 11.6. The van der Waals surface area contributed by atoms with Crippen molar-refractivity contribution in [2.45, 2.75) is 32.2 Å². The number of phenolic OH excluding ortho intramolecular Hbond substituents is 1. The highest BCUT2D eigenvalue weighted by Crippen LogP contribution is 2.23. The minimum atomic E-state index is -0.106. The van der Waals surface area contributed by atoms with Gasteiger partial charge in [0.05, 0.1) is 6.04 Å². The van der Waals surface area contributed by atoms with E-state index in [9.17, 15) is 9.90 Å². The van der Waals surface area contributed by atoms with Gasteiger partial charge in [0, 0.05) is 18.8 Å². The summed E-state index contributed by atoms with van der Waals surface area (Å²) >= 11 is 0. The molecule has 2 N–H and O–H groups in total. The molecule has 0 bridgehead atoms. The molecule has 0 aromatic heterocycles. The van der Waals surface area contributed by atoms with Crippen molar-refractivity contribution in [1.82, 2.24) is 5.32 Å². The fourth-order valence-electron chi connectivity index (χ4n) is 2.62. The number of aromatic hydroxyl groups is 1. The SMILES string of the molecule is CCC1CCNC(C(=O)N(C)c2cccc(O)c2)C1. The highest BCUT2D eigenvalue weighted by atomic mass is 16.3. The summed E-state index contributed by atoms with van der Waals surface area (Å²) in [5.74, 6) is 0.886. The Morgan fingerprint density at radius 2 is 2.32 bits per heavy atom. The van der Waals surface area contributed by atoms with Crippen molar-refractivity contribution < 1.29 is 9.90 Å². The van der Waals surface area contributed by atoms with E-state index in [0.29, 0.717) is 5.92 Å². The number of phenols is 1. The van der Waals surface area contributed by atoms with Gasteiger partial charge in [0.2, 0.25) is 5.91 Å². The topological polar surface area (TPSA) is 52.6 Å². The molecule has 0 saturated carbocycles. The second-order valence-electron chi connectivity index (χ2n) is 5.22. The number of likely N-dealkylation sites (N-methyl/N-ethyl adjacent to an activating group) is 1. The summed E-state index contributed by atoms with van der Waals surface area (Å²) in [6.07, 6.45) is 3.18. The Labute approximate surface area is 114 Å². The van der Waals surface area contributed by atoms with Crippen molar-refractivity contribution >= 4 is 11.6 Å². The first-order chi connectivity index (χ1) is 9.11. The molecular weight excluding hydrogens is 240 g/mol. The van der Waals surface area contributed by atoms with Gasteiger partial charge in [0.15, 0.2) is 0 Å². The quantitative estimate of drug-likeness (QED) is 0.877. The zero-order chi connectivity index (χ0) is 13.8. The fraction of sp³-hybridized carbons (Fsp3) is 0.533. The third-order valence-corrected chi connectivity index (χ3v) is 3.94. The number of amides is 1. The normalized spacial score (nSPS) is 23.1. The molecule has 104 valence electrons. The molecule has 1 saturated heterocycles. The van der Waals surface area contributed by atoms with Gasteiger partial charge in [-0.05, 0) is 37.4 Å². The molecule has 1 aromatic carbocycles. The number of piperidine rings is 1. The Kier molecular flexibility index (Phi) is 4.43. The third-order valence-electron chi connectivity index (χ3n) is 3.94. The summed E-state index contributed by atoms with van der Waals surface area (Å²) in [4.78, 5) is 14.1. The van der Waals surface area contributed by atoms with E-state index in [1.165, 1.54) is 0 Å². The number of benzene rings is 1. The molecule has 1 fully saturated rings. The summed E-state index contributed by atoms with van der Waals surface area (Å²) in [6.45, 7) is 3.08. The molecule has 1 aliphatic rings. The molecule has 1 amide bonds. The van der Waals surface area contributed by atoms with Gasteiger partial charge in [-0.15, -0.1) is 0 Å². The lowest BCUT2D eigenvalue weighted by atomic mass is 9.90. The van der Waals surface area contributed by atoms with Crippen molar-refractivity contribution in [1.29, 1.82) is 0 Å². The number of carbonyl (C=O) groups is 1. The number of carbonyl (C=O) groups excluding carboxylic acids is 1. The lowest BCUT2D eigenvalue weighted by molar-refractivity contribution is -0.121. The lowest BCUT2D eigenvalue weighted by Crippen LogP contribution is -2.49. The minimum Gasteiger partial charge on any atom is -0.508 e. The van der Waals surface area contributed by atoms with Gasteiger partial charge < -0.3 is 15.3 Å². The summed E-state index contributed by atoms with van der Waals surface area (Å²) in [6, 6.07) is 6.69. The van der Waals surface area contributed by atoms with E-state index >= 15 is 0 Å². The van der Waals surface area contributed by atoms with Crippen molar-refractivity contribution in [2.24, 2.45) is 5.92 Å². The van der Waals surface area contributed by atoms with Crippen molar-refractivity contribution in [3.63, 3.8) is 0 Å². The van der Waals surface area contributed by atoms with Crippen molar-refractivity contribution in [3.8, 4) is 5.75 Å². The number of nitrogens with zero attached hydrogens (tertiary/aromatic N) is 1. The molecule has 0 aliphatic carbocycles. The molecule has 2 atom stereocenters. The smallest absolute Gasteiger partial charge is 0.243 e. The van der Waals surface area contributed by atoms with E-state index in [1.807, 2.05) is 6.07 Å². The Bertz CT molecular complexity index is 448. The summed E-state index contributed by atoms with van der Waals surface area (Å²) in [5.41, 5.74) is 0.727. The molecule has 1 heterocycles.